The lowest BCUT2D eigenvalue weighted by Crippen LogP contribution is -2.37. The molecule has 4 aromatic rings. The van der Waals surface area contributed by atoms with Crippen molar-refractivity contribution in [2.75, 3.05) is 19.6 Å². The number of nitrogens with one attached hydrogen (secondary N) is 3. The van der Waals surface area contributed by atoms with Crippen LogP contribution in [0, 0.1) is 5.92 Å². The number of thiazole rings is 2. The van der Waals surface area contributed by atoms with Gasteiger partial charge < -0.3 is 25.4 Å². The Hall–Kier alpha value is -4.43. The van der Waals surface area contributed by atoms with Gasteiger partial charge in [-0.15, -0.1) is 22.7 Å². The van der Waals surface area contributed by atoms with Gasteiger partial charge in [-0.3, -0.25) is 19.2 Å². The molecule has 14 heteroatoms. The van der Waals surface area contributed by atoms with Crippen molar-refractivity contribution in [3.8, 4) is 0 Å². The van der Waals surface area contributed by atoms with Gasteiger partial charge in [0.05, 0.1) is 12.1 Å². The summed E-state index contributed by atoms with van der Waals surface area (Å²) in [5.74, 6) is -0.492. The largest absolute Gasteiger partial charge is 0.351 e. The van der Waals surface area contributed by atoms with Crippen LogP contribution in [0.3, 0.4) is 0 Å². The maximum atomic E-state index is 13.5. The van der Waals surface area contributed by atoms with E-state index >= 15 is 0 Å². The van der Waals surface area contributed by atoms with Crippen LogP contribution in [0.15, 0.2) is 53.5 Å². The van der Waals surface area contributed by atoms with Crippen LogP contribution in [0.25, 0.3) is 0 Å². The van der Waals surface area contributed by atoms with Crippen LogP contribution >= 0.6 is 22.7 Å². The van der Waals surface area contributed by atoms with Crippen LogP contribution < -0.4 is 16.0 Å². The smallest absolute Gasteiger partial charge is 0.289 e. The number of hydrogen-bond acceptors (Lipinski definition) is 9. The molecule has 4 bridgehead atoms. The minimum atomic E-state index is -0.493. The molecule has 0 aliphatic carbocycles. The lowest BCUT2D eigenvalue weighted by atomic mass is 10.0. The summed E-state index contributed by atoms with van der Waals surface area (Å²) in [5.41, 5.74) is 1.53. The van der Waals surface area contributed by atoms with Crippen molar-refractivity contribution in [2.24, 2.45) is 13.0 Å². The number of rotatable bonds is 5. The van der Waals surface area contributed by atoms with Gasteiger partial charge in [-0.25, -0.2) is 15.0 Å². The molecule has 0 unspecified atom stereocenters. The maximum absolute atomic E-state index is 13.5. The van der Waals surface area contributed by atoms with E-state index in [1.165, 1.54) is 22.7 Å². The van der Waals surface area contributed by atoms with Crippen LogP contribution in [0.2, 0.25) is 0 Å². The van der Waals surface area contributed by atoms with E-state index in [0.29, 0.717) is 61.2 Å². The Morgan fingerprint density at radius 1 is 0.936 bits per heavy atom. The molecule has 0 saturated heterocycles. The van der Waals surface area contributed by atoms with E-state index < -0.39 is 6.04 Å². The Morgan fingerprint density at radius 2 is 1.62 bits per heavy atom. The third kappa shape index (κ3) is 9.10. The van der Waals surface area contributed by atoms with E-state index in [1.54, 1.807) is 39.7 Å². The minimum absolute atomic E-state index is 0.151. The first-order chi connectivity index (χ1) is 22.7. The summed E-state index contributed by atoms with van der Waals surface area (Å²) in [6.45, 7) is 5.19. The fraction of sp³-hybridized carbons (Fsp3) is 0.424. The fourth-order valence-electron chi connectivity index (χ4n) is 5.37. The second-order valence-corrected chi connectivity index (χ2v) is 13.8. The average Bonchev–Trinajstić information content (AvgIpc) is 3.82. The standard InChI is InChI=1S/C33H40N8O4S2/c1-21(2)17-23-31-39-26(20-47-31)30(44)37-24(18-22-9-5-4-6-10-22)32-38-25(19-46-32)29(43)35-12-8-15-41(14-7-11-27(42)36-23)33(45)28-34-13-16-40(28)3/h4-6,9-10,13,16,19-21,23-24H,7-8,11-12,14-15,17-18H2,1-3H3,(H,35,43)(H,36,42)(H,37,44)/t23-,24-/m0/s1. The monoisotopic (exact) mass is 676 g/mol. The predicted octanol–water partition coefficient (Wildman–Crippen LogP) is 4.31. The van der Waals surface area contributed by atoms with Gasteiger partial charge in [0, 0.05) is 56.3 Å². The number of aromatic nitrogens is 4. The lowest BCUT2D eigenvalue weighted by molar-refractivity contribution is -0.122. The summed E-state index contributed by atoms with van der Waals surface area (Å²) >= 11 is 2.65. The molecule has 12 nitrogen and oxygen atoms in total. The number of carbonyl (C=O) groups is 4. The normalized spacial score (nSPS) is 18.6. The molecule has 0 spiro atoms. The molecule has 3 N–H and O–H groups in total. The second-order valence-electron chi connectivity index (χ2n) is 12.0. The van der Waals surface area contributed by atoms with Crippen molar-refractivity contribution >= 4 is 46.3 Å². The number of benzene rings is 1. The van der Waals surface area contributed by atoms with Gasteiger partial charge in [-0.2, -0.15) is 0 Å². The molecule has 0 saturated carbocycles. The first kappa shape index (κ1) is 33.9. The van der Waals surface area contributed by atoms with E-state index in [-0.39, 0.29) is 53.4 Å². The van der Waals surface area contributed by atoms with E-state index in [9.17, 15) is 19.2 Å². The van der Waals surface area contributed by atoms with Crippen LogP contribution in [-0.2, 0) is 18.3 Å². The Morgan fingerprint density at radius 3 is 2.30 bits per heavy atom. The number of amides is 4. The SMILES string of the molecule is CC(C)C[C@@H]1NC(=O)CCCN(C(=O)c2nccn2C)CCCNC(=O)c2csc(n2)[C@H](Cc2ccccc2)NC(=O)c2csc1n2. The molecule has 0 fully saturated rings. The highest BCUT2D eigenvalue weighted by atomic mass is 32.1. The predicted molar refractivity (Wildman–Crippen MR) is 180 cm³/mol. The average molecular weight is 677 g/mol. The Labute approximate surface area is 282 Å². The van der Waals surface area contributed by atoms with Gasteiger partial charge in [-0.05, 0) is 37.2 Å². The number of fused-ring (bicyclic) bond motifs is 4. The molecule has 5 rings (SSSR count). The third-order valence-electron chi connectivity index (χ3n) is 7.76. The molecule has 2 atom stereocenters. The Balaban J connectivity index is 1.41. The third-order valence-corrected chi connectivity index (χ3v) is 9.67. The van der Waals surface area contributed by atoms with Crippen molar-refractivity contribution in [1.82, 2.24) is 40.4 Å². The van der Waals surface area contributed by atoms with Crippen molar-refractivity contribution in [1.29, 1.82) is 0 Å². The number of imidazole rings is 1. The molecule has 47 heavy (non-hydrogen) atoms. The molecule has 4 amide bonds. The fourth-order valence-corrected chi connectivity index (χ4v) is 7.08. The summed E-state index contributed by atoms with van der Waals surface area (Å²) in [7, 11) is 1.76. The molecule has 248 valence electrons. The van der Waals surface area contributed by atoms with Gasteiger partial charge >= 0.3 is 0 Å². The van der Waals surface area contributed by atoms with Crippen LogP contribution in [-0.4, -0.2) is 67.7 Å². The van der Waals surface area contributed by atoms with Crippen LogP contribution in [0.4, 0.5) is 0 Å². The zero-order valence-electron chi connectivity index (χ0n) is 26.8. The van der Waals surface area contributed by atoms with Crippen molar-refractivity contribution < 1.29 is 19.2 Å². The van der Waals surface area contributed by atoms with Gasteiger partial charge in [0.2, 0.25) is 5.91 Å². The molecule has 1 aromatic carbocycles. The topological polar surface area (TPSA) is 151 Å². The highest BCUT2D eigenvalue weighted by molar-refractivity contribution is 7.10. The first-order valence-corrected chi connectivity index (χ1v) is 17.5. The van der Waals surface area contributed by atoms with Gasteiger partial charge in [-0.1, -0.05) is 44.2 Å². The number of nitrogens with zero attached hydrogens (tertiary/aromatic N) is 5. The zero-order valence-corrected chi connectivity index (χ0v) is 28.4. The number of carbonyl (C=O) groups excluding carboxylic acids is 4. The Bertz CT molecular complexity index is 1680. The van der Waals surface area contributed by atoms with Gasteiger partial charge in [0.1, 0.15) is 21.4 Å². The summed E-state index contributed by atoms with van der Waals surface area (Å²) in [6.07, 6.45) is 5.57. The highest BCUT2D eigenvalue weighted by Gasteiger charge is 2.26. The van der Waals surface area contributed by atoms with Gasteiger partial charge in [0.25, 0.3) is 17.7 Å². The summed E-state index contributed by atoms with van der Waals surface area (Å²) in [5, 5.41) is 13.8. The van der Waals surface area contributed by atoms with Gasteiger partial charge in [0.15, 0.2) is 5.82 Å². The molecular formula is C33H40N8O4S2. The van der Waals surface area contributed by atoms with Crippen molar-refractivity contribution in [2.45, 2.75) is 58.0 Å². The van der Waals surface area contributed by atoms with E-state index in [2.05, 4.69) is 44.7 Å². The van der Waals surface area contributed by atoms with Crippen molar-refractivity contribution in [3.05, 3.63) is 86.3 Å². The molecule has 1 aliphatic heterocycles. The summed E-state index contributed by atoms with van der Waals surface area (Å²) in [6, 6.07) is 8.92. The number of aryl methyl sites for hydroxylation is 1. The zero-order chi connectivity index (χ0) is 33.3. The van der Waals surface area contributed by atoms with Crippen LogP contribution in [0.5, 0.6) is 0 Å². The maximum Gasteiger partial charge on any atom is 0.289 e. The Kier molecular flexibility index (Phi) is 11.5. The molecule has 0 radical (unpaired) electrons. The molecule has 3 aromatic heterocycles. The lowest BCUT2D eigenvalue weighted by Gasteiger charge is -2.23. The molecule has 1 aliphatic rings. The van der Waals surface area contributed by atoms with Crippen molar-refractivity contribution in [3.63, 3.8) is 0 Å². The van der Waals surface area contributed by atoms with E-state index in [1.807, 2.05) is 30.3 Å². The summed E-state index contributed by atoms with van der Waals surface area (Å²) < 4.78 is 1.67. The summed E-state index contributed by atoms with van der Waals surface area (Å²) in [4.78, 5) is 68.3. The number of hydrogen-bond donors (Lipinski definition) is 3. The minimum Gasteiger partial charge on any atom is -0.351 e. The van der Waals surface area contributed by atoms with Crippen LogP contribution in [0.1, 0.15) is 98.8 Å². The van der Waals surface area contributed by atoms with E-state index in [4.69, 9.17) is 0 Å². The molecule has 4 heterocycles. The first-order valence-electron chi connectivity index (χ1n) is 15.8. The quantitative estimate of drug-likeness (QED) is 0.285. The van der Waals surface area contributed by atoms with E-state index in [0.717, 1.165) is 5.56 Å². The highest BCUT2D eigenvalue weighted by Crippen LogP contribution is 2.27. The molecular weight excluding hydrogens is 637 g/mol. The second kappa shape index (κ2) is 15.9.